The van der Waals surface area contributed by atoms with E-state index in [4.69, 9.17) is 18.0 Å². The second-order valence-electron chi connectivity index (χ2n) is 5.48. The van der Waals surface area contributed by atoms with Crippen molar-refractivity contribution in [2.45, 2.75) is 45.6 Å². The predicted octanol–water partition coefficient (Wildman–Crippen LogP) is 1.29. The number of hydrogen-bond acceptors (Lipinski definition) is 3. The Balaban J connectivity index is 2.46. The van der Waals surface area contributed by atoms with E-state index in [9.17, 15) is 4.79 Å². The van der Waals surface area contributed by atoms with Crippen molar-refractivity contribution >= 4 is 23.1 Å². The SMILES string of the molecule is CC(C)N(C)CCNC(=O)C1(C(N)=S)CCCC1. The monoisotopic (exact) mass is 271 g/mol. The lowest BCUT2D eigenvalue weighted by atomic mass is 9.85. The van der Waals surface area contributed by atoms with E-state index in [1.54, 1.807) is 0 Å². The molecule has 1 rings (SSSR count). The van der Waals surface area contributed by atoms with Crippen molar-refractivity contribution in [1.29, 1.82) is 0 Å². The van der Waals surface area contributed by atoms with Crippen LogP contribution in [0.5, 0.6) is 0 Å². The van der Waals surface area contributed by atoms with Crippen LogP contribution in [0.3, 0.4) is 0 Å². The third kappa shape index (κ3) is 3.42. The average molecular weight is 271 g/mol. The molecule has 0 heterocycles. The zero-order valence-electron chi connectivity index (χ0n) is 11.7. The van der Waals surface area contributed by atoms with E-state index >= 15 is 0 Å². The van der Waals surface area contributed by atoms with Crippen LogP contribution in [0.4, 0.5) is 0 Å². The molecule has 5 heteroatoms. The Morgan fingerprint density at radius 1 is 1.44 bits per heavy atom. The Morgan fingerprint density at radius 3 is 2.44 bits per heavy atom. The minimum atomic E-state index is -0.578. The van der Waals surface area contributed by atoms with Crippen LogP contribution in [0.1, 0.15) is 39.5 Å². The van der Waals surface area contributed by atoms with Gasteiger partial charge < -0.3 is 16.0 Å². The van der Waals surface area contributed by atoms with Crippen LogP contribution in [0.25, 0.3) is 0 Å². The van der Waals surface area contributed by atoms with Gasteiger partial charge in [0, 0.05) is 19.1 Å². The van der Waals surface area contributed by atoms with E-state index in [1.807, 2.05) is 0 Å². The lowest BCUT2D eigenvalue weighted by Crippen LogP contribution is -2.48. The number of thiocarbonyl (C=S) groups is 1. The molecule has 0 aliphatic heterocycles. The van der Waals surface area contributed by atoms with Gasteiger partial charge in [0.25, 0.3) is 0 Å². The largest absolute Gasteiger partial charge is 0.392 e. The summed E-state index contributed by atoms with van der Waals surface area (Å²) in [5.74, 6) is 0.0182. The molecule has 1 amide bonds. The van der Waals surface area contributed by atoms with Crippen molar-refractivity contribution in [2.75, 3.05) is 20.1 Å². The molecule has 0 aromatic carbocycles. The second kappa shape index (κ2) is 6.48. The molecule has 0 atom stereocenters. The van der Waals surface area contributed by atoms with Gasteiger partial charge in [-0.05, 0) is 33.7 Å². The van der Waals surface area contributed by atoms with Crippen LogP contribution in [-0.4, -0.2) is 42.0 Å². The van der Waals surface area contributed by atoms with Crippen molar-refractivity contribution in [2.24, 2.45) is 11.1 Å². The Kier molecular flexibility index (Phi) is 5.53. The number of amides is 1. The maximum absolute atomic E-state index is 12.3. The molecule has 1 fully saturated rings. The van der Waals surface area contributed by atoms with Gasteiger partial charge in [0.05, 0.1) is 10.4 Å². The third-order valence-corrected chi connectivity index (χ3v) is 4.39. The Bertz CT molecular complexity index is 311. The number of nitrogens with two attached hydrogens (primary N) is 1. The molecule has 1 aliphatic carbocycles. The molecule has 1 saturated carbocycles. The summed E-state index contributed by atoms with van der Waals surface area (Å²) in [6.45, 7) is 5.76. The molecule has 18 heavy (non-hydrogen) atoms. The summed E-state index contributed by atoms with van der Waals surface area (Å²) in [6, 6.07) is 0.484. The van der Waals surface area contributed by atoms with Crippen molar-refractivity contribution in [3.8, 4) is 0 Å². The number of nitrogens with zero attached hydrogens (tertiary/aromatic N) is 1. The summed E-state index contributed by atoms with van der Waals surface area (Å²) >= 11 is 5.09. The predicted molar refractivity (Wildman–Crippen MR) is 78.5 cm³/mol. The lowest BCUT2D eigenvalue weighted by Gasteiger charge is -2.27. The maximum Gasteiger partial charge on any atom is 0.233 e. The summed E-state index contributed by atoms with van der Waals surface area (Å²) in [5, 5.41) is 2.98. The fraction of sp³-hybridized carbons (Fsp3) is 0.846. The summed E-state index contributed by atoms with van der Waals surface area (Å²) < 4.78 is 0. The van der Waals surface area contributed by atoms with Gasteiger partial charge in [-0.25, -0.2) is 0 Å². The summed E-state index contributed by atoms with van der Waals surface area (Å²) in [7, 11) is 2.05. The first-order chi connectivity index (χ1) is 8.40. The Labute approximate surface area is 115 Å². The van der Waals surface area contributed by atoms with E-state index in [-0.39, 0.29) is 5.91 Å². The molecule has 0 unspecified atom stereocenters. The molecular weight excluding hydrogens is 246 g/mol. The minimum Gasteiger partial charge on any atom is -0.392 e. The molecule has 0 bridgehead atoms. The molecule has 4 nitrogen and oxygen atoms in total. The topological polar surface area (TPSA) is 58.4 Å². The Morgan fingerprint density at radius 2 is 2.00 bits per heavy atom. The number of rotatable bonds is 6. The zero-order chi connectivity index (χ0) is 13.8. The first kappa shape index (κ1) is 15.4. The Hall–Kier alpha value is -0.680. The van der Waals surface area contributed by atoms with Crippen molar-refractivity contribution in [1.82, 2.24) is 10.2 Å². The van der Waals surface area contributed by atoms with Crippen LogP contribution in [-0.2, 0) is 4.79 Å². The first-order valence-electron chi connectivity index (χ1n) is 6.68. The highest BCUT2D eigenvalue weighted by atomic mass is 32.1. The molecule has 0 radical (unpaired) electrons. The smallest absolute Gasteiger partial charge is 0.233 e. The van der Waals surface area contributed by atoms with Gasteiger partial charge in [-0.1, -0.05) is 25.1 Å². The molecule has 0 spiro atoms. The molecule has 104 valence electrons. The lowest BCUT2D eigenvalue weighted by molar-refractivity contribution is -0.127. The van der Waals surface area contributed by atoms with Gasteiger partial charge in [-0.3, -0.25) is 4.79 Å². The fourth-order valence-corrected chi connectivity index (χ4v) is 2.63. The average Bonchev–Trinajstić information content (AvgIpc) is 2.78. The number of likely N-dealkylation sites (N-methyl/N-ethyl adjacent to an activating group) is 1. The van der Waals surface area contributed by atoms with E-state index in [2.05, 4.69) is 31.1 Å². The van der Waals surface area contributed by atoms with Crippen LogP contribution in [0.15, 0.2) is 0 Å². The van der Waals surface area contributed by atoms with Gasteiger partial charge in [0.1, 0.15) is 0 Å². The highest BCUT2D eigenvalue weighted by molar-refractivity contribution is 7.80. The molecule has 0 aromatic heterocycles. The van der Waals surface area contributed by atoms with E-state index in [0.29, 0.717) is 17.6 Å². The van der Waals surface area contributed by atoms with Gasteiger partial charge >= 0.3 is 0 Å². The first-order valence-corrected chi connectivity index (χ1v) is 7.09. The van der Waals surface area contributed by atoms with Crippen LogP contribution in [0, 0.1) is 5.41 Å². The molecular formula is C13H25N3OS. The number of carbonyl (C=O) groups is 1. The van der Waals surface area contributed by atoms with Crippen molar-refractivity contribution in [3.05, 3.63) is 0 Å². The van der Waals surface area contributed by atoms with Gasteiger partial charge in [0.15, 0.2) is 0 Å². The van der Waals surface area contributed by atoms with E-state index in [1.165, 1.54) is 0 Å². The van der Waals surface area contributed by atoms with Crippen LogP contribution in [0.2, 0.25) is 0 Å². The van der Waals surface area contributed by atoms with Gasteiger partial charge in [-0.2, -0.15) is 0 Å². The minimum absolute atomic E-state index is 0.0182. The van der Waals surface area contributed by atoms with E-state index < -0.39 is 5.41 Å². The highest BCUT2D eigenvalue weighted by Gasteiger charge is 2.43. The fourth-order valence-electron chi connectivity index (χ4n) is 2.34. The van der Waals surface area contributed by atoms with Crippen LogP contribution < -0.4 is 11.1 Å². The van der Waals surface area contributed by atoms with Crippen LogP contribution >= 0.6 is 12.2 Å². The number of nitrogens with one attached hydrogen (secondary N) is 1. The zero-order valence-corrected chi connectivity index (χ0v) is 12.5. The maximum atomic E-state index is 12.3. The van der Waals surface area contributed by atoms with Gasteiger partial charge in [-0.15, -0.1) is 0 Å². The number of hydrogen-bond donors (Lipinski definition) is 2. The van der Waals surface area contributed by atoms with Gasteiger partial charge in [0.2, 0.25) is 5.91 Å². The quantitative estimate of drug-likeness (QED) is 0.715. The van der Waals surface area contributed by atoms with E-state index in [0.717, 1.165) is 32.2 Å². The third-order valence-electron chi connectivity index (χ3n) is 4.00. The van der Waals surface area contributed by atoms with Crippen molar-refractivity contribution in [3.63, 3.8) is 0 Å². The molecule has 3 N–H and O–H groups in total. The summed E-state index contributed by atoms with van der Waals surface area (Å²) in [4.78, 5) is 14.8. The molecule has 0 saturated heterocycles. The molecule has 0 aromatic rings. The molecule has 1 aliphatic rings. The standard InChI is InChI=1S/C13H25N3OS/c1-10(2)16(3)9-8-15-12(17)13(11(14)18)6-4-5-7-13/h10H,4-9H2,1-3H3,(H2,14,18)(H,15,17). The summed E-state index contributed by atoms with van der Waals surface area (Å²) in [5.41, 5.74) is 5.20. The normalized spacial score (nSPS) is 18.3. The highest BCUT2D eigenvalue weighted by Crippen LogP contribution is 2.38. The van der Waals surface area contributed by atoms with Crippen molar-refractivity contribution < 1.29 is 4.79 Å². The summed E-state index contributed by atoms with van der Waals surface area (Å²) in [6.07, 6.45) is 3.68. The second-order valence-corrected chi connectivity index (χ2v) is 5.92. The number of carbonyl (C=O) groups excluding carboxylic acids is 1.